The summed E-state index contributed by atoms with van der Waals surface area (Å²) in [6.45, 7) is -0.975. The zero-order valence-electron chi connectivity index (χ0n) is 20.0. The van der Waals surface area contributed by atoms with E-state index in [-0.39, 0.29) is 21.3 Å². The molecular weight excluding hydrogens is 612 g/mol. The topological polar surface area (TPSA) is 113 Å². The van der Waals surface area contributed by atoms with Crippen molar-refractivity contribution < 1.29 is 48.0 Å². The van der Waals surface area contributed by atoms with Gasteiger partial charge in [0.05, 0.1) is 33.0 Å². The molecule has 0 atom stereocenters. The molecule has 3 aromatic carbocycles. The number of nitrogens with one attached hydrogen (secondary N) is 2. The van der Waals surface area contributed by atoms with Crippen LogP contribution in [0.4, 0.5) is 43.4 Å². The molecule has 40 heavy (non-hydrogen) atoms. The van der Waals surface area contributed by atoms with Gasteiger partial charge in [-0.2, -0.15) is 26.3 Å². The molecule has 0 aliphatic heterocycles. The van der Waals surface area contributed by atoms with E-state index < -0.39 is 61.7 Å². The summed E-state index contributed by atoms with van der Waals surface area (Å²) in [4.78, 5) is 12.2. The first kappa shape index (κ1) is 31.0. The summed E-state index contributed by atoms with van der Waals surface area (Å²) in [6.07, 6.45) is -8.85. The maximum atomic E-state index is 13.1. The monoisotopic (exact) mass is 629 g/mol. The van der Waals surface area contributed by atoms with Crippen molar-refractivity contribution in [2.24, 2.45) is 0 Å². The normalized spacial score (nSPS) is 12.6. The maximum absolute atomic E-state index is 13.1. The van der Waals surface area contributed by atoms with E-state index in [2.05, 4.69) is 5.32 Å². The minimum absolute atomic E-state index is 0.0217. The highest BCUT2D eigenvalue weighted by atomic mass is 35.5. The van der Waals surface area contributed by atoms with Crippen LogP contribution in [0.3, 0.4) is 0 Å². The van der Waals surface area contributed by atoms with Crippen LogP contribution in [0.1, 0.15) is 11.1 Å². The molecule has 17 heteroatoms. The van der Waals surface area contributed by atoms with E-state index >= 15 is 0 Å². The molecule has 0 aliphatic rings. The molecule has 2 N–H and O–H groups in total. The van der Waals surface area contributed by atoms with Crippen molar-refractivity contribution >= 4 is 54.6 Å². The van der Waals surface area contributed by atoms with Gasteiger partial charge in [-0.05, 0) is 60.7 Å². The zero-order chi connectivity index (χ0) is 30.1. The molecule has 0 unspecified atom stereocenters. The van der Waals surface area contributed by atoms with Crippen LogP contribution in [0, 0.1) is 0 Å². The van der Waals surface area contributed by atoms with E-state index in [0.29, 0.717) is 28.8 Å². The number of anilines is 3. The molecule has 3 rings (SSSR count). The van der Waals surface area contributed by atoms with Crippen LogP contribution in [0.25, 0.3) is 0 Å². The van der Waals surface area contributed by atoms with E-state index in [1.807, 2.05) is 4.72 Å². The van der Waals surface area contributed by atoms with Crippen molar-refractivity contribution in [3.63, 3.8) is 0 Å². The Kier molecular flexibility index (Phi) is 8.67. The molecule has 3 aromatic rings. The van der Waals surface area contributed by atoms with Crippen LogP contribution in [0.2, 0.25) is 5.02 Å². The first-order valence-corrected chi connectivity index (χ1v) is 14.4. The van der Waals surface area contributed by atoms with Crippen LogP contribution in [0.5, 0.6) is 0 Å². The average Bonchev–Trinajstić information content (AvgIpc) is 2.81. The van der Waals surface area contributed by atoms with Crippen LogP contribution in [-0.4, -0.2) is 35.5 Å². The van der Waals surface area contributed by atoms with Crippen molar-refractivity contribution in [2.45, 2.75) is 17.2 Å². The van der Waals surface area contributed by atoms with Gasteiger partial charge in [0.2, 0.25) is 15.9 Å². The predicted molar refractivity (Wildman–Crippen MR) is 136 cm³/mol. The number of hydrogen-bond donors (Lipinski definition) is 2. The summed E-state index contributed by atoms with van der Waals surface area (Å²) in [5, 5.41) is 1.91. The first-order chi connectivity index (χ1) is 18.3. The fraction of sp³-hybridized carbons (Fsp3) is 0.174. The van der Waals surface area contributed by atoms with Gasteiger partial charge in [0.15, 0.2) is 0 Å². The summed E-state index contributed by atoms with van der Waals surface area (Å²) < 4.78 is 130. The smallest absolute Gasteiger partial charge is 0.325 e. The van der Waals surface area contributed by atoms with Gasteiger partial charge in [-0.1, -0.05) is 17.7 Å². The van der Waals surface area contributed by atoms with E-state index in [4.69, 9.17) is 11.6 Å². The SMILES string of the molecule is CS(=O)(=O)N(CC(=O)Nc1ccc(S(=O)(=O)Nc2cccc(C(F)(F)F)c2)cc1)c1cc(C(F)(F)F)ccc1Cl. The molecule has 8 nitrogen and oxygen atoms in total. The Morgan fingerprint density at radius 3 is 1.95 bits per heavy atom. The third-order valence-electron chi connectivity index (χ3n) is 5.12. The summed E-state index contributed by atoms with van der Waals surface area (Å²) in [5.74, 6) is -1.00. The van der Waals surface area contributed by atoms with Crippen molar-refractivity contribution in [1.82, 2.24) is 0 Å². The number of nitrogens with zero attached hydrogens (tertiary/aromatic N) is 1. The molecule has 216 valence electrons. The van der Waals surface area contributed by atoms with Crippen LogP contribution >= 0.6 is 11.6 Å². The second-order valence-electron chi connectivity index (χ2n) is 8.19. The highest BCUT2D eigenvalue weighted by Crippen LogP contribution is 2.36. The van der Waals surface area contributed by atoms with Crippen LogP contribution in [0.15, 0.2) is 71.6 Å². The van der Waals surface area contributed by atoms with Crippen LogP contribution in [-0.2, 0) is 37.2 Å². The molecule has 1 amide bonds. The van der Waals surface area contributed by atoms with Crippen molar-refractivity contribution in [3.8, 4) is 0 Å². The number of carbonyl (C=O) groups is 1. The second-order valence-corrected chi connectivity index (χ2v) is 12.2. The maximum Gasteiger partial charge on any atom is 0.416 e. The quantitative estimate of drug-likeness (QED) is 0.316. The van der Waals surface area contributed by atoms with E-state index in [0.717, 1.165) is 48.5 Å². The molecule has 0 heterocycles. The van der Waals surface area contributed by atoms with Gasteiger partial charge in [-0.3, -0.25) is 13.8 Å². The van der Waals surface area contributed by atoms with E-state index in [1.54, 1.807) is 0 Å². The predicted octanol–water partition coefficient (Wildman–Crippen LogP) is 5.58. The average molecular weight is 630 g/mol. The fourth-order valence-corrected chi connectivity index (χ4v) is 5.46. The van der Waals surface area contributed by atoms with Gasteiger partial charge in [-0.25, -0.2) is 16.8 Å². The van der Waals surface area contributed by atoms with Gasteiger partial charge in [0.25, 0.3) is 10.0 Å². The van der Waals surface area contributed by atoms with Gasteiger partial charge < -0.3 is 5.32 Å². The van der Waals surface area contributed by atoms with Gasteiger partial charge in [0, 0.05) is 11.4 Å². The van der Waals surface area contributed by atoms with E-state index in [9.17, 15) is 48.0 Å². The third-order valence-corrected chi connectivity index (χ3v) is 7.96. The minimum Gasteiger partial charge on any atom is -0.325 e. The lowest BCUT2D eigenvalue weighted by Crippen LogP contribution is -2.37. The Morgan fingerprint density at radius 2 is 1.40 bits per heavy atom. The number of carbonyl (C=O) groups excluding carboxylic acids is 1. The second kappa shape index (κ2) is 11.2. The lowest BCUT2D eigenvalue weighted by molar-refractivity contribution is -0.138. The third kappa shape index (κ3) is 7.79. The molecule has 0 saturated carbocycles. The largest absolute Gasteiger partial charge is 0.416 e. The number of amides is 1. The molecule has 0 fully saturated rings. The van der Waals surface area contributed by atoms with Crippen molar-refractivity contribution in [1.29, 1.82) is 0 Å². The Labute approximate surface area is 229 Å². The molecule has 0 aromatic heterocycles. The number of alkyl halides is 6. The number of hydrogen-bond acceptors (Lipinski definition) is 5. The number of sulfonamides is 2. The number of halogens is 7. The van der Waals surface area contributed by atoms with E-state index in [1.165, 1.54) is 0 Å². The molecular formula is C23H18ClF6N3O5S2. The van der Waals surface area contributed by atoms with Crippen LogP contribution < -0.4 is 14.3 Å². The number of rotatable bonds is 8. The highest BCUT2D eigenvalue weighted by molar-refractivity contribution is 7.92. The molecule has 0 saturated heterocycles. The fourth-order valence-electron chi connectivity index (χ4n) is 3.28. The molecule has 0 aliphatic carbocycles. The van der Waals surface area contributed by atoms with Crippen molar-refractivity contribution in [3.05, 3.63) is 82.9 Å². The van der Waals surface area contributed by atoms with Gasteiger partial charge in [-0.15, -0.1) is 0 Å². The minimum atomic E-state index is -4.82. The van der Waals surface area contributed by atoms with Crippen molar-refractivity contribution in [2.75, 3.05) is 27.1 Å². The zero-order valence-corrected chi connectivity index (χ0v) is 22.4. The Hall–Kier alpha value is -3.50. The summed E-state index contributed by atoms with van der Waals surface area (Å²) in [5.41, 5.74) is -3.22. The Morgan fingerprint density at radius 1 is 0.825 bits per heavy atom. The first-order valence-electron chi connectivity index (χ1n) is 10.7. The lowest BCUT2D eigenvalue weighted by atomic mass is 10.2. The standard InChI is InChI=1S/C23H18ClF6N3O5S2/c1-39(35,36)33(20-12-15(23(28,29)30)5-10-19(20)24)13-21(34)31-16-6-8-18(9-7-16)40(37,38)32-17-4-2-3-14(11-17)22(25,26)27/h2-12,32H,13H2,1H3,(H,31,34). The molecule has 0 spiro atoms. The summed E-state index contributed by atoms with van der Waals surface area (Å²) in [7, 11) is -8.64. The summed E-state index contributed by atoms with van der Waals surface area (Å²) in [6, 6.07) is 9.73. The highest BCUT2D eigenvalue weighted by Gasteiger charge is 2.33. The summed E-state index contributed by atoms with van der Waals surface area (Å²) >= 11 is 5.92. The Balaban J connectivity index is 1.77. The molecule has 0 bridgehead atoms. The lowest BCUT2D eigenvalue weighted by Gasteiger charge is -2.24. The van der Waals surface area contributed by atoms with Gasteiger partial charge >= 0.3 is 12.4 Å². The molecule has 0 radical (unpaired) electrons. The Bertz CT molecular complexity index is 1630. The number of benzene rings is 3. The van der Waals surface area contributed by atoms with Gasteiger partial charge in [0.1, 0.15) is 6.54 Å².